The first-order valence-corrected chi connectivity index (χ1v) is 17.6. The lowest BCUT2D eigenvalue weighted by Crippen LogP contribution is -2.57. The molecule has 3 N–H and O–H groups in total. The van der Waals surface area contributed by atoms with Crippen LogP contribution in [0.5, 0.6) is 0 Å². The van der Waals surface area contributed by atoms with Gasteiger partial charge in [0.2, 0.25) is 0 Å². The molecule has 13 nitrogen and oxygen atoms in total. The van der Waals surface area contributed by atoms with Crippen molar-refractivity contribution in [3.63, 3.8) is 0 Å². The van der Waals surface area contributed by atoms with Crippen molar-refractivity contribution in [2.45, 2.75) is 148 Å². The van der Waals surface area contributed by atoms with Crippen molar-refractivity contribution in [3.8, 4) is 0 Å². The Kier molecular flexibility index (Phi) is 15.7. The molecule has 0 unspecified atom stereocenters. The summed E-state index contributed by atoms with van der Waals surface area (Å²) >= 11 is 0. The van der Waals surface area contributed by atoms with E-state index in [0.29, 0.717) is 6.42 Å². The van der Waals surface area contributed by atoms with Crippen LogP contribution in [0.3, 0.4) is 0 Å². The van der Waals surface area contributed by atoms with E-state index in [1.807, 2.05) is 39.8 Å². The Balaban J connectivity index is 2.01. The zero-order valence-corrected chi connectivity index (χ0v) is 30.8. The highest BCUT2D eigenvalue weighted by Crippen LogP contribution is 2.35. The smallest absolute Gasteiger partial charge is 0.311 e. The van der Waals surface area contributed by atoms with Gasteiger partial charge in [0, 0.05) is 49.7 Å². The number of hydrogen-bond donors (Lipinski definition) is 3. The number of nitrogens with zero attached hydrogens (tertiary/aromatic N) is 1. The number of rotatable bonds is 6. The molecule has 3 aliphatic rings. The minimum Gasteiger partial charge on any atom is -0.462 e. The van der Waals surface area contributed by atoms with Crippen LogP contribution in [0.15, 0.2) is 0 Å². The Bertz CT molecular complexity index is 1020. The van der Waals surface area contributed by atoms with Crippen LogP contribution in [0, 0.1) is 29.6 Å². The third kappa shape index (κ3) is 10.2. The summed E-state index contributed by atoms with van der Waals surface area (Å²) in [6.07, 6.45) is -7.09. The van der Waals surface area contributed by atoms with Gasteiger partial charge in [-0.1, -0.05) is 27.7 Å². The van der Waals surface area contributed by atoms with Gasteiger partial charge in [-0.15, -0.1) is 0 Å². The number of Topliss-reactive ketones (excluding diaryl/α,β-unsaturated/α-hetero) is 1. The fourth-order valence-corrected chi connectivity index (χ4v) is 7.20. The second-order valence-corrected chi connectivity index (χ2v) is 14.7. The standard InChI is InChI=1S/C35H63NO12/c1-17-16-43-13-12-26(37)20(4)29(38)19(3)23(7)46-34(41)22(6)33(47-28-15-27(42-11)30(39)24(8)45-28)21(5)32(17)48-35-31(40)25(36(9)10)14-18(2)44-35/h17-25,27-33,35,38-40H,12-16H2,1-11H3/t17-,18+,19-,20+,21-,22-,23+,24+,25-,27+,28-,29-,30+,31-,32-,33-,35-/m0/s1. The highest BCUT2D eigenvalue weighted by molar-refractivity contribution is 5.81. The third-order valence-electron chi connectivity index (χ3n) is 10.8. The van der Waals surface area contributed by atoms with Crippen LogP contribution >= 0.6 is 0 Å². The molecule has 3 saturated heterocycles. The first-order chi connectivity index (χ1) is 22.5. The summed E-state index contributed by atoms with van der Waals surface area (Å²) in [6, 6.07) is -0.200. The molecular formula is C35H63NO12. The molecule has 0 amide bonds. The largest absolute Gasteiger partial charge is 0.462 e. The Morgan fingerprint density at radius 2 is 1.44 bits per heavy atom. The lowest BCUT2D eigenvalue weighted by Gasteiger charge is -2.45. The zero-order chi connectivity index (χ0) is 36.0. The molecule has 3 heterocycles. The van der Waals surface area contributed by atoms with E-state index in [9.17, 15) is 24.9 Å². The van der Waals surface area contributed by atoms with Crippen LogP contribution < -0.4 is 0 Å². The summed E-state index contributed by atoms with van der Waals surface area (Å²) in [5.74, 6) is -3.53. The number of aliphatic hydroxyl groups is 3. The summed E-state index contributed by atoms with van der Waals surface area (Å²) in [5.41, 5.74) is 0. The van der Waals surface area contributed by atoms with Crippen LogP contribution in [-0.2, 0) is 42.7 Å². The van der Waals surface area contributed by atoms with E-state index < -0.39 is 91.1 Å². The van der Waals surface area contributed by atoms with Crippen molar-refractivity contribution in [2.75, 3.05) is 34.4 Å². The van der Waals surface area contributed by atoms with Gasteiger partial charge in [0.15, 0.2) is 12.6 Å². The van der Waals surface area contributed by atoms with Crippen LogP contribution in [-0.4, -0.2) is 140 Å². The molecule has 3 rings (SSSR count). The van der Waals surface area contributed by atoms with Crippen molar-refractivity contribution >= 4 is 11.8 Å². The molecule has 0 saturated carbocycles. The molecule has 0 aromatic heterocycles. The number of carbonyl (C=O) groups is 2. The summed E-state index contributed by atoms with van der Waals surface area (Å²) in [6.45, 7) is 14.8. The number of esters is 1. The van der Waals surface area contributed by atoms with Crippen LogP contribution in [0.1, 0.15) is 74.7 Å². The number of methoxy groups -OCH3 is 1. The summed E-state index contributed by atoms with van der Waals surface area (Å²) in [4.78, 5) is 28.8. The molecule has 280 valence electrons. The zero-order valence-electron chi connectivity index (χ0n) is 30.8. The Hall–Kier alpha value is -1.26. The number of aliphatic hydroxyl groups excluding tert-OH is 3. The van der Waals surface area contributed by atoms with E-state index in [0.717, 1.165) is 0 Å². The number of cyclic esters (lactones) is 1. The molecule has 0 spiro atoms. The van der Waals surface area contributed by atoms with E-state index in [1.165, 1.54) is 7.11 Å². The Morgan fingerprint density at radius 1 is 0.771 bits per heavy atom. The monoisotopic (exact) mass is 689 g/mol. The third-order valence-corrected chi connectivity index (χ3v) is 10.8. The van der Waals surface area contributed by atoms with E-state index in [4.69, 9.17) is 33.2 Å². The molecule has 0 aromatic rings. The van der Waals surface area contributed by atoms with Crippen molar-refractivity contribution in [3.05, 3.63) is 0 Å². The fraction of sp³-hybridized carbons (Fsp3) is 0.943. The highest BCUT2D eigenvalue weighted by atomic mass is 16.7. The van der Waals surface area contributed by atoms with Gasteiger partial charge in [-0.05, 0) is 48.2 Å². The van der Waals surface area contributed by atoms with Crippen LogP contribution in [0.2, 0.25) is 0 Å². The summed E-state index contributed by atoms with van der Waals surface area (Å²) in [5, 5.41) is 33.0. The summed E-state index contributed by atoms with van der Waals surface area (Å²) in [7, 11) is 5.33. The minimum absolute atomic E-state index is 0.117. The summed E-state index contributed by atoms with van der Waals surface area (Å²) < 4.78 is 43.0. The van der Waals surface area contributed by atoms with Crippen LogP contribution in [0.4, 0.5) is 0 Å². The molecule has 48 heavy (non-hydrogen) atoms. The van der Waals surface area contributed by atoms with Gasteiger partial charge in [-0.3, -0.25) is 9.59 Å². The fourth-order valence-electron chi connectivity index (χ4n) is 7.20. The number of hydrogen-bond acceptors (Lipinski definition) is 13. The highest BCUT2D eigenvalue weighted by Gasteiger charge is 2.46. The molecule has 17 atom stereocenters. The van der Waals surface area contributed by atoms with E-state index in [2.05, 4.69) is 0 Å². The minimum atomic E-state index is -1.02. The SMILES string of the molecule is CO[C@@H]1C[C@H](O[C@H]2[C@@H](C)[C@@H](O[C@@H]3O[C@H](C)C[C@H](N(C)C)[C@@H]3O)[C@@H](C)COCCC(=O)[C@@H](C)[C@@H](O)[C@@H](C)[C@@H](C)OC(=O)[C@H]2C)O[C@H](C)[C@H]1O. The molecule has 3 aliphatic heterocycles. The molecule has 0 aromatic carbocycles. The van der Waals surface area contributed by atoms with Crippen molar-refractivity contribution < 1.29 is 58.1 Å². The molecule has 0 radical (unpaired) electrons. The average molecular weight is 690 g/mol. The molecular weight excluding hydrogens is 626 g/mol. The molecule has 0 aliphatic carbocycles. The van der Waals surface area contributed by atoms with Gasteiger partial charge < -0.3 is 53.4 Å². The van der Waals surface area contributed by atoms with Crippen molar-refractivity contribution in [1.82, 2.24) is 4.90 Å². The van der Waals surface area contributed by atoms with Crippen LogP contribution in [0.25, 0.3) is 0 Å². The number of likely N-dealkylation sites (N-methyl/N-ethyl adjacent to an activating group) is 1. The predicted octanol–water partition coefficient (Wildman–Crippen LogP) is 2.16. The Morgan fingerprint density at radius 3 is 2.06 bits per heavy atom. The quantitative estimate of drug-likeness (QED) is 0.348. The van der Waals surface area contributed by atoms with Gasteiger partial charge in [0.25, 0.3) is 0 Å². The van der Waals surface area contributed by atoms with Gasteiger partial charge in [-0.25, -0.2) is 0 Å². The lowest BCUT2D eigenvalue weighted by molar-refractivity contribution is -0.299. The maximum Gasteiger partial charge on any atom is 0.311 e. The Labute approximate surface area is 286 Å². The second kappa shape index (κ2) is 18.3. The van der Waals surface area contributed by atoms with Gasteiger partial charge >= 0.3 is 5.97 Å². The van der Waals surface area contributed by atoms with Gasteiger partial charge in [0.1, 0.15) is 24.1 Å². The lowest BCUT2D eigenvalue weighted by atomic mass is 9.83. The molecule has 13 heteroatoms. The van der Waals surface area contributed by atoms with Crippen molar-refractivity contribution in [2.24, 2.45) is 29.6 Å². The topological polar surface area (TPSA) is 163 Å². The predicted molar refractivity (Wildman–Crippen MR) is 176 cm³/mol. The van der Waals surface area contributed by atoms with Crippen molar-refractivity contribution in [1.29, 1.82) is 0 Å². The van der Waals surface area contributed by atoms with E-state index in [1.54, 1.807) is 34.6 Å². The number of ether oxygens (including phenoxy) is 7. The maximum absolute atomic E-state index is 13.8. The second-order valence-electron chi connectivity index (χ2n) is 14.7. The average Bonchev–Trinajstić information content (AvgIpc) is 3.04. The molecule has 0 bridgehead atoms. The van der Waals surface area contributed by atoms with Gasteiger partial charge in [0.05, 0.1) is 55.8 Å². The number of ketones is 1. The first kappa shape index (κ1) is 41.2. The maximum atomic E-state index is 13.8. The molecule has 3 fully saturated rings. The van der Waals surface area contributed by atoms with E-state index >= 15 is 0 Å². The first-order valence-electron chi connectivity index (χ1n) is 17.6. The van der Waals surface area contributed by atoms with Gasteiger partial charge in [-0.2, -0.15) is 0 Å². The normalized spacial score (nSPS) is 46.4. The number of carbonyl (C=O) groups excluding carboxylic acids is 2. The van der Waals surface area contributed by atoms with E-state index in [-0.39, 0.29) is 49.9 Å².